The van der Waals surface area contributed by atoms with E-state index in [1.54, 1.807) is 4.90 Å². The highest BCUT2D eigenvalue weighted by atomic mass is 35.5. The molecule has 0 aliphatic heterocycles. The third-order valence-corrected chi connectivity index (χ3v) is 4.06. The minimum absolute atomic E-state index is 0.143. The molecule has 0 bridgehead atoms. The van der Waals surface area contributed by atoms with E-state index in [-0.39, 0.29) is 6.03 Å². The van der Waals surface area contributed by atoms with E-state index in [0.29, 0.717) is 18.1 Å². The van der Waals surface area contributed by atoms with Gasteiger partial charge in [-0.05, 0) is 35.4 Å². The van der Waals surface area contributed by atoms with Gasteiger partial charge in [0.15, 0.2) is 0 Å². The van der Waals surface area contributed by atoms with E-state index in [2.05, 4.69) is 5.32 Å². The molecule has 1 N–H and O–H groups in total. The third kappa shape index (κ3) is 4.85. The fourth-order valence-corrected chi connectivity index (χ4v) is 2.79. The molecule has 0 heterocycles. The van der Waals surface area contributed by atoms with Crippen LogP contribution in [0.3, 0.4) is 0 Å². The van der Waals surface area contributed by atoms with Crippen LogP contribution in [-0.2, 0) is 13.1 Å². The molecule has 0 saturated heterocycles. The lowest BCUT2D eigenvalue weighted by Crippen LogP contribution is -2.39. The standard InChI is InChI=1S/C21H19ClN2O/c22-19-11-7-10-18(14-19)15-23-21(25)24(20-12-5-2-6-13-20)16-17-8-3-1-4-9-17/h1-14H,15-16H2,(H,23,25). The van der Waals surface area contributed by atoms with E-state index in [9.17, 15) is 4.79 Å². The number of hydrogen-bond donors (Lipinski definition) is 1. The maximum Gasteiger partial charge on any atom is 0.322 e. The Labute approximate surface area is 152 Å². The summed E-state index contributed by atoms with van der Waals surface area (Å²) in [6, 6.07) is 27.0. The molecule has 3 aromatic rings. The van der Waals surface area contributed by atoms with Crippen molar-refractivity contribution in [2.24, 2.45) is 0 Å². The molecule has 0 aromatic heterocycles. The van der Waals surface area contributed by atoms with E-state index in [1.807, 2.05) is 84.9 Å². The van der Waals surface area contributed by atoms with Crippen molar-refractivity contribution in [3.8, 4) is 0 Å². The van der Waals surface area contributed by atoms with E-state index in [0.717, 1.165) is 16.8 Å². The highest BCUT2D eigenvalue weighted by molar-refractivity contribution is 6.30. The fraction of sp³-hybridized carbons (Fsp3) is 0.0952. The lowest BCUT2D eigenvalue weighted by atomic mass is 10.2. The monoisotopic (exact) mass is 350 g/mol. The predicted molar refractivity (Wildman–Crippen MR) is 103 cm³/mol. The highest BCUT2D eigenvalue weighted by Crippen LogP contribution is 2.17. The van der Waals surface area contributed by atoms with Crippen LogP contribution in [0.5, 0.6) is 0 Å². The highest BCUT2D eigenvalue weighted by Gasteiger charge is 2.15. The number of amides is 2. The van der Waals surface area contributed by atoms with Crippen LogP contribution in [0.2, 0.25) is 5.02 Å². The van der Waals surface area contributed by atoms with Crippen molar-refractivity contribution in [1.29, 1.82) is 0 Å². The fourth-order valence-electron chi connectivity index (χ4n) is 2.57. The molecule has 3 rings (SSSR count). The Morgan fingerprint density at radius 3 is 2.16 bits per heavy atom. The lowest BCUT2D eigenvalue weighted by Gasteiger charge is -2.23. The summed E-state index contributed by atoms with van der Waals surface area (Å²) in [5, 5.41) is 3.64. The van der Waals surface area contributed by atoms with Gasteiger partial charge in [-0.1, -0.05) is 72.3 Å². The van der Waals surface area contributed by atoms with E-state index < -0.39 is 0 Å². The van der Waals surface area contributed by atoms with Crippen LogP contribution >= 0.6 is 11.6 Å². The summed E-state index contributed by atoms with van der Waals surface area (Å²) in [7, 11) is 0. The van der Waals surface area contributed by atoms with Gasteiger partial charge >= 0.3 is 6.03 Å². The number of carbonyl (C=O) groups is 1. The summed E-state index contributed by atoms with van der Waals surface area (Å²) < 4.78 is 0. The molecule has 0 aliphatic carbocycles. The molecule has 0 radical (unpaired) electrons. The molecule has 25 heavy (non-hydrogen) atoms. The second kappa shape index (κ2) is 8.36. The van der Waals surface area contributed by atoms with Crippen LogP contribution in [0.4, 0.5) is 10.5 Å². The first kappa shape index (κ1) is 17.1. The van der Waals surface area contributed by atoms with Crippen LogP contribution in [0.15, 0.2) is 84.9 Å². The summed E-state index contributed by atoms with van der Waals surface area (Å²) in [6.45, 7) is 0.934. The van der Waals surface area contributed by atoms with Crippen molar-refractivity contribution in [1.82, 2.24) is 5.32 Å². The van der Waals surface area contributed by atoms with Gasteiger partial charge in [0.1, 0.15) is 0 Å². The van der Waals surface area contributed by atoms with Crippen LogP contribution in [-0.4, -0.2) is 6.03 Å². The second-order valence-corrected chi connectivity index (χ2v) is 6.13. The SMILES string of the molecule is O=C(NCc1cccc(Cl)c1)N(Cc1ccccc1)c1ccccc1. The molecule has 0 spiro atoms. The Morgan fingerprint density at radius 1 is 0.840 bits per heavy atom. The average molecular weight is 351 g/mol. The van der Waals surface area contributed by atoms with Crippen LogP contribution < -0.4 is 10.2 Å². The number of halogens is 1. The van der Waals surface area contributed by atoms with Gasteiger partial charge in [0, 0.05) is 17.3 Å². The molecule has 0 atom stereocenters. The molecule has 0 unspecified atom stereocenters. The first-order valence-corrected chi connectivity index (χ1v) is 8.49. The predicted octanol–water partition coefficient (Wildman–Crippen LogP) is 5.26. The number of anilines is 1. The molecular weight excluding hydrogens is 332 g/mol. The van der Waals surface area contributed by atoms with Gasteiger partial charge in [0.25, 0.3) is 0 Å². The number of hydrogen-bond acceptors (Lipinski definition) is 1. The number of urea groups is 1. The molecule has 4 heteroatoms. The summed E-state index contributed by atoms with van der Waals surface area (Å²) >= 11 is 6.00. The van der Waals surface area contributed by atoms with Crippen LogP contribution in [0, 0.1) is 0 Å². The van der Waals surface area contributed by atoms with Gasteiger partial charge < -0.3 is 5.32 Å². The minimum Gasteiger partial charge on any atom is -0.334 e. The first-order chi connectivity index (χ1) is 12.2. The molecule has 0 aliphatic rings. The van der Waals surface area contributed by atoms with Crippen molar-refractivity contribution in [3.05, 3.63) is 101 Å². The maximum atomic E-state index is 12.8. The number of nitrogens with one attached hydrogen (secondary N) is 1. The van der Waals surface area contributed by atoms with Crippen LogP contribution in [0.25, 0.3) is 0 Å². The minimum atomic E-state index is -0.143. The smallest absolute Gasteiger partial charge is 0.322 e. The van der Waals surface area contributed by atoms with Gasteiger partial charge in [0.2, 0.25) is 0 Å². The average Bonchev–Trinajstić information content (AvgIpc) is 2.66. The van der Waals surface area contributed by atoms with E-state index in [1.165, 1.54) is 0 Å². The van der Waals surface area contributed by atoms with Gasteiger partial charge in [0.05, 0.1) is 6.54 Å². The Bertz CT molecular complexity index is 822. The zero-order valence-electron chi connectivity index (χ0n) is 13.7. The number of para-hydroxylation sites is 1. The summed E-state index contributed by atoms with van der Waals surface area (Å²) in [4.78, 5) is 14.5. The first-order valence-electron chi connectivity index (χ1n) is 8.11. The van der Waals surface area contributed by atoms with Crippen LogP contribution in [0.1, 0.15) is 11.1 Å². The summed E-state index contributed by atoms with van der Waals surface area (Å²) in [5.41, 5.74) is 2.90. The molecule has 3 aromatic carbocycles. The molecule has 3 nitrogen and oxygen atoms in total. The zero-order valence-corrected chi connectivity index (χ0v) is 14.5. The van der Waals surface area contributed by atoms with Gasteiger partial charge in [-0.3, -0.25) is 4.90 Å². The zero-order chi connectivity index (χ0) is 17.5. The second-order valence-electron chi connectivity index (χ2n) is 5.70. The Balaban J connectivity index is 1.75. The topological polar surface area (TPSA) is 32.3 Å². The number of rotatable bonds is 5. The van der Waals surface area contributed by atoms with Gasteiger partial charge in [-0.2, -0.15) is 0 Å². The van der Waals surface area contributed by atoms with E-state index >= 15 is 0 Å². The molecule has 126 valence electrons. The Morgan fingerprint density at radius 2 is 1.48 bits per heavy atom. The van der Waals surface area contributed by atoms with Crippen molar-refractivity contribution >= 4 is 23.3 Å². The van der Waals surface area contributed by atoms with Crippen molar-refractivity contribution < 1.29 is 4.79 Å². The van der Waals surface area contributed by atoms with Crippen molar-refractivity contribution in [2.75, 3.05) is 4.90 Å². The molecular formula is C21H19ClN2O. The Kier molecular flexibility index (Phi) is 5.70. The quantitative estimate of drug-likeness (QED) is 0.669. The van der Waals surface area contributed by atoms with Gasteiger partial charge in [-0.25, -0.2) is 4.79 Å². The maximum absolute atomic E-state index is 12.8. The summed E-state index contributed by atoms with van der Waals surface area (Å²) in [6.07, 6.45) is 0. The molecule has 2 amide bonds. The summed E-state index contributed by atoms with van der Waals surface area (Å²) in [5.74, 6) is 0. The largest absolute Gasteiger partial charge is 0.334 e. The number of benzene rings is 3. The van der Waals surface area contributed by atoms with Crippen molar-refractivity contribution in [2.45, 2.75) is 13.1 Å². The van der Waals surface area contributed by atoms with Crippen molar-refractivity contribution in [3.63, 3.8) is 0 Å². The number of carbonyl (C=O) groups excluding carboxylic acids is 1. The lowest BCUT2D eigenvalue weighted by molar-refractivity contribution is 0.245. The number of nitrogens with zero attached hydrogens (tertiary/aromatic N) is 1. The van der Waals surface area contributed by atoms with E-state index in [4.69, 9.17) is 11.6 Å². The Hall–Kier alpha value is -2.78. The molecule has 0 fully saturated rings. The van der Waals surface area contributed by atoms with Gasteiger partial charge in [-0.15, -0.1) is 0 Å². The third-order valence-electron chi connectivity index (χ3n) is 3.83. The normalized spacial score (nSPS) is 10.3. The molecule has 0 saturated carbocycles.